The van der Waals surface area contributed by atoms with Gasteiger partial charge in [0.1, 0.15) is 5.75 Å². The summed E-state index contributed by atoms with van der Waals surface area (Å²) in [6.07, 6.45) is 1.54. The van der Waals surface area contributed by atoms with Crippen molar-refractivity contribution in [2.75, 3.05) is 5.32 Å². The molecule has 0 aliphatic carbocycles. The van der Waals surface area contributed by atoms with Crippen LogP contribution in [-0.4, -0.2) is 11.0 Å². The predicted molar refractivity (Wildman–Crippen MR) is 64.0 cm³/mol. The van der Waals surface area contributed by atoms with Crippen LogP contribution in [0.2, 0.25) is 0 Å². The van der Waals surface area contributed by atoms with E-state index in [1.54, 1.807) is 30.5 Å². The SMILES string of the molecule is NC(=O)Nc1ncccc1Oc1ccccc1. The molecule has 0 saturated carbocycles. The minimum Gasteiger partial charge on any atom is -0.453 e. The van der Waals surface area contributed by atoms with Crippen LogP contribution in [0.3, 0.4) is 0 Å². The highest BCUT2D eigenvalue weighted by Gasteiger charge is 2.06. The van der Waals surface area contributed by atoms with Gasteiger partial charge in [-0.15, -0.1) is 0 Å². The zero-order chi connectivity index (χ0) is 12.1. The smallest absolute Gasteiger partial charge is 0.317 e. The van der Waals surface area contributed by atoms with Crippen molar-refractivity contribution in [3.63, 3.8) is 0 Å². The minimum absolute atomic E-state index is 0.295. The number of anilines is 1. The number of aromatic nitrogens is 1. The molecule has 0 aliphatic rings. The van der Waals surface area contributed by atoms with Gasteiger partial charge < -0.3 is 10.5 Å². The molecule has 0 spiro atoms. The van der Waals surface area contributed by atoms with Gasteiger partial charge in [0.25, 0.3) is 0 Å². The number of pyridine rings is 1. The van der Waals surface area contributed by atoms with Crippen molar-refractivity contribution in [1.82, 2.24) is 4.98 Å². The number of carbonyl (C=O) groups is 1. The number of benzene rings is 1. The standard InChI is InChI=1S/C12H11N3O2/c13-12(16)15-11-10(7-4-8-14-11)17-9-5-2-1-3-6-9/h1-8H,(H3,13,14,15,16). The molecule has 86 valence electrons. The van der Waals surface area contributed by atoms with Crippen LogP contribution in [0.4, 0.5) is 10.6 Å². The van der Waals surface area contributed by atoms with Crippen molar-refractivity contribution in [2.24, 2.45) is 5.73 Å². The summed E-state index contributed by atoms with van der Waals surface area (Å²) in [7, 11) is 0. The molecule has 0 fully saturated rings. The van der Waals surface area contributed by atoms with Gasteiger partial charge in [0.15, 0.2) is 11.6 Å². The van der Waals surface area contributed by atoms with Gasteiger partial charge in [0.05, 0.1) is 0 Å². The molecule has 0 aliphatic heterocycles. The Kier molecular flexibility index (Phi) is 3.20. The average molecular weight is 229 g/mol. The third-order valence-electron chi connectivity index (χ3n) is 1.98. The second-order valence-electron chi connectivity index (χ2n) is 3.25. The summed E-state index contributed by atoms with van der Waals surface area (Å²) in [6.45, 7) is 0. The summed E-state index contributed by atoms with van der Waals surface area (Å²) in [5, 5.41) is 2.40. The van der Waals surface area contributed by atoms with Crippen molar-refractivity contribution in [1.29, 1.82) is 0 Å². The first-order chi connectivity index (χ1) is 8.25. The molecule has 1 aromatic carbocycles. The number of ether oxygens (including phenoxy) is 1. The summed E-state index contributed by atoms with van der Waals surface area (Å²) < 4.78 is 5.58. The Balaban J connectivity index is 2.23. The molecule has 3 N–H and O–H groups in total. The van der Waals surface area contributed by atoms with Gasteiger partial charge in [0.2, 0.25) is 0 Å². The fourth-order valence-electron chi connectivity index (χ4n) is 1.30. The monoisotopic (exact) mass is 229 g/mol. The molecule has 0 unspecified atom stereocenters. The Bertz CT molecular complexity index is 514. The summed E-state index contributed by atoms with van der Waals surface area (Å²) in [4.78, 5) is 14.8. The number of nitrogens with zero attached hydrogens (tertiary/aromatic N) is 1. The Morgan fingerprint density at radius 3 is 2.65 bits per heavy atom. The van der Waals surface area contributed by atoms with E-state index in [1.807, 2.05) is 18.2 Å². The van der Waals surface area contributed by atoms with Crippen LogP contribution in [0.1, 0.15) is 0 Å². The number of carbonyl (C=O) groups excluding carboxylic acids is 1. The van der Waals surface area contributed by atoms with Crippen LogP contribution in [0.5, 0.6) is 11.5 Å². The number of para-hydroxylation sites is 1. The van der Waals surface area contributed by atoms with Gasteiger partial charge in [0, 0.05) is 6.20 Å². The van der Waals surface area contributed by atoms with E-state index < -0.39 is 6.03 Å². The number of primary amides is 1. The van der Waals surface area contributed by atoms with Crippen LogP contribution < -0.4 is 15.8 Å². The summed E-state index contributed by atoms with van der Waals surface area (Å²) in [5.74, 6) is 1.40. The molecule has 2 aromatic rings. The zero-order valence-corrected chi connectivity index (χ0v) is 8.96. The highest BCUT2D eigenvalue weighted by Crippen LogP contribution is 2.26. The zero-order valence-electron chi connectivity index (χ0n) is 8.96. The van der Waals surface area contributed by atoms with Crippen LogP contribution in [0, 0.1) is 0 Å². The van der Waals surface area contributed by atoms with Crippen LogP contribution in [0.25, 0.3) is 0 Å². The van der Waals surface area contributed by atoms with Gasteiger partial charge in [-0.1, -0.05) is 18.2 Å². The Morgan fingerprint density at radius 2 is 1.94 bits per heavy atom. The van der Waals surface area contributed by atoms with Crippen molar-refractivity contribution >= 4 is 11.8 Å². The Morgan fingerprint density at radius 1 is 1.18 bits per heavy atom. The lowest BCUT2D eigenvalue weighted by Gasteiger charge is -2.09. The maximum absolute atomic E-state index is 10.8. The maximum Gasteiger partial charge on any atom is 0.317 e. The van der Waals surface area contributed by atoms with Gasteiger partial charge in [-0.3, -0.25) is 5.32 Å². The molecule has 0 bridgehead atoms. The number of nitrogens with two attached hydrogens (primary N) is 1. The quantitative estimate of drug-likeness (QED) is 0.848. The van der Waals surface area contributed by atoms with Crippen molar-refractivity contribution in [2.45, 2.75) is 0 Å². The van der Waals surface area contributed by atoms with E-state index in [0.717, 1.165) is 0 Å². The summed E-state index contributed by atoms with van der Waals surface area (Å²) in [6, 6.07) is 11.9. The molecule has 2 amide bonds. The highest BCUT2D eigenvalue weighted by molar-refractivity contribution is 5.88. The molecular weight excluding hydrogens is 218 g/mol. The van der Waals surface area contributed by atoms with E-state index in [4.69, 9.17) is 10.5 Å². The van der Waals surface area contributed by atoms with Crippen LogP contribution >= 0.6 is 0 Å². The molecule has 1 heterocycles. The second kappa shape index (κ2) is 4.98. The minimum atomic E-state index is -0.679. The van der Waals surface area contributed by atoms with Gasteiger partial charge in [-0.05, 0) is 24.3 Å². The molecule has 1 aromatic heterocycles. The lowest BCUT2D eigenvalue weighted by Crippen LogP contribution is -2.20. The van der Waals surface area contributed by atoms with Gasteiger partial charge >= 0.3 is 6.03 Å². The molecule has 5 nitrogen and oxygen atoms in total. The third kappa shape index (κ3) is 2.94. The molecule has 5 heteroatoms. The number of hydrogen-bond donors (Lipinski definition) is 2. The molecule has 17 heavy (non-hydrogen) atoms. The van der Waals surface area contributed by atoms with E-state index in [2.05, 4.69) is 10.3 Å². The normalized spacial score (nSPS) is 9.65. The van der Waals surface area contributed by atoms with Crippen LogP contribution in [-0.2, 0) is 0 Å². The fraction of sp³-hybridized carbons (Fsp3) is 0. The predicted octanol–water partition coefficient (Wildman–Crippen LogP) is 2.36. The second-order valence-corrected chi connectivity index (χ2v) is 3.25. The Hall–Kier alpha value is -2.56. The van der Waals surface area contributed by atoms with E-state index in [-0.39, 0.29) is 0 Å². The summed E-state index contributed by atoms with van der Waals surface area (Å²) in [5.41, 5.74) is 5.04. The van der Waals surface area contributed by atoms with E-state index >= 15 is 0 Å². The summed E-state index contributed by atoms with van der Waals surface area (Å²) >= 11 is 0. The first-order valence-electron chi connectivity index (χ1n) is 5.00. The van der Waals surface area contributed by atoms with Crippen molar-refractivity contribution in [3.8, 4) is 11.5 Å². The molecule has 0 radical (unpaired) electrons. The van der Waals surface area contributed by atoms with Gasteiger partial charge in [-0.25, -0.2) is 9.78 Å². The number of rotatable bonds is 3. The molecular formula is C12H11N3O2. The fourth-order valence-corrected chi connectivity index (χ4v) is 1.30. The Labute approximate surface area is 98.2 Å². The number of urea groups is 1. The first-order valence-corrected chi connectivity index (χ1v) is 5.00. The number of amides is 2. The average Bonchev–Trinajstić information content (AvgIpc) is 2.32. The van der Waals surface area contributed by atoms with Crippen LogP contribution in [0.15, 0.2) is 48.7 Å². The lowest BCUT2D eigenvalue weighted by molar-refractivity contribution is 0.259. The van der Waals surface area contributed by atoms with E-state index in [9.17, 15) is 4.79 Å². The number of hydrogen-bond acceptors (Lipinski definition) is 3. The molecule has 0 atom stereocenters. The van der Waals surface area contributed by atoms with Crippen molar-refractivity contribution in [3.05, 3.63) is 48.7 Å². The van der Waals surface area contributed by atoms with E-state index in [0.29, 0.717) is 17.3 Å². The lowest BCUT2D eigenvalue weighted by atomic mass is 10.3. The first kappa shape index (κ1) is 10.9. The maximum atomic E-state index is 10.8. The topological polar surface area (TPSA) is 77.2 Å². The van der Waals surface area contributed by atoms with E-state index in [1.165, 1.54) is 0 Å². The van der Waals surface area contributed by atoms with Gasteiger partial charge in [-0.2, -0.15) is 0 Å². The number of nitrogens with one attached hydrogen (secondary N) is 1. The largest absolute Gasteiger partial charge is 0.453 e. The highest BCUT2D eigenvalue weighted by atomic mass is 16.5. The molecule has 0 saturated heterocycles. The third-order valence-corrected chi connectivity index (χ3v) is 1.98. The van der Waals surface area contributed by atoms with Crippen molar-refractivity contribution < 1.29 is 9.53 Å². The molecule has 2 rings (SSSR count).